The van der Waals surface area contributed by atoms with Crippen molar-refractivity contribution in [1.82, 2.24) is 15.1 Å². The van der Waals surface area contributed by atoms with Gasteiger partial charge < -0.3 is 10.1 Å². The van der Waals surface area contributed by atoms with Gasteiger partial charge in [-0.25, -0.2) is 0 Å². The molecule has 24 heavy (non-hydrogen) atoms. The Hall–Kier alpha value is -2.32. The van der Waals surface area contributed by atoms with Crippen molar-refractivity contribution < 1.29 is 4.74 Å². The molecule has 1 aromatic carbocycles. The van der Waals surface area contributed by atoms with Crippen LogP contribution in [-0.2, 0) is 13.1 Å². The predicted octanol–water partition coefficient (Wildman–Crippen LogP) is 3.36. The lowest BCUT2D eigenvalue weighted by Crippen LogP contribution is -2.17. The summed E-state index contributed by atoms with van der Waals surface area (Å²) in [6.07, 6.45) is 2.36. The molecular weight excluding hydrogens is 300 g/mol. The molecule has 0 bridgehead atoms. The molecule has 0 atom stereocenters. The third kappa shape index (κ3) is 6.05. The highest BCUT2D eigenvalue weighted by Gasteiger charge is 2.01. The molecule has 2 aromatic rings. The summed E-state index contributed by atoms with van der Waals surface area (Å²) in [6.45, 7) is 7.42. The Labute approximate surface area is 144 Å². The van der Waals surface area contributed by atoms with Crippen LogP contribution in [0.25, 0.3) is 0 Å². The minimum Gasteiger partial charge on any atom is -0.494 e. The van der Waals surface area contributed by atoms with E-state index in [-0.39, 0.29) is 0 Å². The average molecular weight is 326 g/mol. The van der Waals surface area contributed by atoms with Gasteiger partial charge in [-0.2, -0.15) is 10.4 Å². The molecule has 0 saturated carbocycles. The topological polar surface area (TPSA) is 62.9 Å². The first-order valence-electron chi connectivity index (χ1n) is 8.49. The van der Waals surface area contributed by atoms with E-state index >= 15 is 0 Å². The molecule has 1 heterocycles. The fourth-order valence-electron chi connectivity index (χ4n) is 2.57. The molecule has 0 aliphatic rings. The second kappa shape index (κ2) is 9.74. The first-order valence-corrected chi connectivity index (χ1v) is 8.49. The number of aromatic nitrogens is 2. The molecule has 0 aliphatic heterocycles. The van der Waals surface area contributed by atoms with Gasteiger partial charge in [-0.1, -0.05) is 12.1 Å². The fourth-order valence-corrected chi connectivity index (χ4v) is 2.57. The number of nitrogens with one attached hydrogen (secondary N) is 1. The fraction of sp³-hybridized carbons (Fsp3) is 0.474. The molecule has 1 N–H and O–H groups in total. The van der Waals surface area contributed by atoms with Crippen LogP contribution in [0.3, 0.4) is 0 Å². The van der Waals surface area contributed by atoms with Gasteiger partial charge in [-0.3, -0.25) is 4.68 Å². The van der Waals surface area contributed by atoms with Crippen LogP contribution < -0.4 is 10.1 Å². The average Bonchev–Trinajstić information content (AvgIpc) is 2.89. The minimum absolute atomic E-state index is 0.538. The molecule has 0 radical (unpaired) electrons. The summed E-state index contributed by atoms with van der Waals surface area (Å²) in [7, 11) is 0. The zero-order chi connectivity index (χ0) is 17.2. The highest BCUT2D eigenvalue weighted by Crippen LogP contribution is 2.13. The van der Waals surface area contributed by atoms with Crippen molar-refractivity contribution in [3.05, 3.63) is 47.3 Å². The van der Waals surface area contributed by atoms with Crippen LogP contribution in [0.4, 0.5) is 0 Å². The standard InChI is InChI=1S/C19H26N4O/c1-16-13-17(2)23(22-16)11-6-10-21-15-18-7-5-8-19(14-18)24-12-4-3-9-20/h5,7-8,13-14,21H,3-4,6,10-12,15H2,1-2H3. The zero-order valence-electron chi connectivity index (χ0n) is 14.6. The summed E-state index contributed by atoms with van der Waals surface area (Å²) in [6, 6.07) is 12.3. The molecule has 0 spiro atoms. The highest BCUT2D eigenvalue weighted by atomic mass is 16.5. The molecule has 0 aliphatic carbocycles. The Morgan fingerprint density at radius 1 is 1.25 bits per heavy atom. The van der Waals surface area contributed by atoms with Gasteiger partial charge in [0.05, 0.1) is 18.4 Å². The van der Waals surface area contributed by atoms with Gasteiger partial charge in [0.15, 0.2) is 0 Å². The highest BCUT2D eigenvalue weighted by molar-refractivity contribution is 5.28. The molecular formula is C19H26N4O. The van der Waals surface area contributed by atoms with E-state index < -0.39 is 0 Å². The maximum atomic E-state index is 8.52. The second-order valence-electron chi connectivity index (χ2n) is 5.94. The van der Waals surface area contributed by atoms with Crippen LogP contribution in [0, 0.1) is 25.2 Å². The number of nitrogens with zero attached hydrogens (tertiary/aromatic N) is 3. The molecule has 0 saturated heterocycles. The van der Waals surface area contributed by atoms with Crippen LogP contribution in [0.15, 0.2) is 30.3 Å². The van der Waals surface area contributed by atoms with E-state index in [2.05, 4.69) is 46.3 Å². The van der Waals surface area contributed by atoms with Gasteiger partial charge in [0.1, 0.15) is 5.75 Å². The lowest BCUT2D eigenvalue weighted by atomic mass is 10.2. The van der Waals surface area contributed by atoms with Gasteiger partial charge in [-0.05, 0) is 57.0 Å². The number of ether oxygens (including phenoxy) is 1. The number of benzene rings is 1. The summed E-state index contributed by atoms with van der Waals surface area (Å²) < 4.78 is 7.72. The molecule has 0 amide bonds. The Morgan fingerprint density at radius 2 is 2.12 bits per heavy atom. The van der Waals surface area contributed by atoms with Crippen molar-refractivity contribution in [2.24, 2.45) is 0 Å². The van der Waals surface area contributed by atoms with E-state index in [4.69, 9.17) is 10.00 Å². The molecule has 1 aromatic heterocycles. The Kier molecular flexibility index (Phi) is 7.31. The van der Waals surface area contributed by atoms with Crippen LogP contribution in [0.2, 0.25) is 0 Å². The van der Waals surface area contributed by atoms with Gasteiger partial charge in [0.25, 0.3) is 0 Å². The van der Waals surface area contributed by atoms with E-state index in [1.54, 1.807) is 0 Å². The van der Waals surface area contributed by atoms with E-state index in [1.165, 1.54) is 11.3 Å². The number of hydrogen-bond acceptors (Lipinski definition) is 4. The SMILES string of the molecule is Cc1cc(C)n(CCCNCc2cccc(OCCCC#N)c2)n1. The van der Waals surface area contributed by atoms with Crippen LogP contribution in [-0.4, -0.2) is 22.9 Å². The maximum absolute atomic E-state index is 8.52. The van der Waals surface area contributed by atoms with Gasteiger partial charge >= 0.3 is 0 Å². The number of unbranched alkanes of at least 4 members (excludes halogenated alkanes) is 1. The first-order chi connectivity index (χ1) is 11.7. The number of hydrogen-bond donors (Lipinski definition) is 1. The third-order valence-electron chi connectivity index (χ3n) is 3.76. The normalized spacial score (nSPS) is 10.5. The molecule has 5 nitrogen and oxygen atoms in total. The second-order valence-corrected chi connectivity index (χ2v) is 5.94. The summed E-state index contributed by atoms with van der Waals surface area (Å²) >= 11 is 0. The molecule has 128 valence electrons. The van der Waals surface area contributed by atoms with Crippen molar-refractivity contribution in [2.45, 2.75) is 46.2 Å². The molecule has 0 fully saturated rings. The van der Waals surface area contributed by atoms with Gasteiger partial charge in [0.2, 0.25) is 0 Å². The van der Waals surface area contributed by atoms with E-state index in [0.29, 0.717) is 13.0 Å². The minimum atomic E-state index is 0.538. The smallest absolute Gasteiger partial charge is 0.119 e. The van der Waals surface area contributed by atoms with Crippen molar-refractivity contribution >= 4 is 0 Å². The van der Waals surface area contributed by atoms with Crippen LogP contribution >= 0.6 is 0 Å². The summed E-state index contributed by atoms with van der Waals surface area (Å²) in [4.78, 5) is 0. The van der Waals surface area contributed by atoms with Gasteiger partial charge in [-0.15, -0.1) is 0 Å². The summed E-state index contributed by atoms with van der Waals surface area (Å²) in [5.41, 5.74) is 3.50. The number of aryl methyl sites for hydroxylation is 3. The largest absolute Gasteiger partial charge is 0.494 e. The van der Waals surface area contributed by atoms with E-state index in [0.717, 1.165) is 43.9 Å². The van der Waals surface area contributed by atoms with E-state index in [9.17, 15) is 0 Å². The Bertz CT molecular complexity index is 672. The molecule has 5 heteroatoms. The first kappa shape index (κ1) is 18.0. The van der Waals surface area contributed by atoms with E-state index in [1.807, 2.05) is 19.1 Å². The third-order valence-corrected chi connectivity index (χ3v) is 3.76. The lowest BCUT2D eigenvalue weighted by Gasteiger charge is -2.09. The van der Waals surface area contributed by atoms with Crippen molar-refractivity contribution in [1.29, 1.82) is 5.26 Å². The molecule has 0 unspecified atom stereocenters. The van der Waals surface area contributed by atoms with Crippen LogP contribution in [0.5, 0.6) is 5.75 Å². The Morgan fingerprint density at radius 3 is 2.88 bits per heavy atom. The van der Waals surface area contributed by atoms with Crippen LogP contribution in [0.1, 0.15) is 36.2 Å². The monoisotopic (exact) mass is 326 g/mol. The van der Waals surface area contributed by atoms with Gasteiger partial charge in [0, 0.05) is 25.2 Å². The van der Waals surface area contributed by atoms with Crippen molar-refractivity contribution in [3.8, 4) is 11.8 Å². The summed E-state index contributed by atoms with van der Waals surface area (Å²) in [5.74, 6) is 0.870. The maximum Gasteiger partial charge on any atom is 0.119 e. The lowest BCUT2D eigenvalue weighted by molar-refractivity contribution is 0.312. The zero-order valence-corrected chi connectivity index (χ0v) is 14.6. The number of nitriles is 1. The Balaban J connectivity index is 1.66. The van der Waals surface area contributed by atoms with Crippen molar-refractivity contribution in [3.63, 3.8) is 0 Å². The summed E-state index contributed by atoms with van der Waals surface area (Å²) in [5, 5.41) is 16.5. The predicted molar refractivity (Wildman–Crippen MR) is 94.8 cm³/mol. The number of rotatable bonds is 10. The quantitative estimate of drug-likeness (QED) is 0.680. The molecule has 2 rings (SSSR count). The van der Waals surface area contributed by atoms with Crippen molar-refractivity contribution in [2.75, 3.05) is 13.2 Å².